The zero-order valence-electron chi connectivity index (χ0n) is 8.32. The Kier molecular flexibility index (Phi) is 3.08. The van der Waals surface area contributed by atoms with Crippen molar-refractivity contribution in [1.82, 2.24) is 20.6 Å². The number of aromatic amines is 1. The summed E-state index contributed by atoms with van der Waals surface area (Å²) in [6.07, 6.45) is 6.06. The molecule has 5 heteroatoms. The third kappa shape index (κ3) is 2.29. The van der Waals surface area contributed by atoms with Gasteiger partial charge in [0.25, 0.3) is 0 Å². The molecule has 0 radical (unpaired) electrons. The van der Waals surface area contributed by atoms with Crippen molar-refractivity contribution in [2.45, 2.75) is 32.1 Å². The first-order valence-electron chi connectivity index (χ1n) is 5.31. The molecule has 1 aromatic heterocycles. The van der Waals surface area contributed by atoms with Crippen LogP contribution in [0.25, 0.3) is 0 Å². The van der Waals surface area contributed by atoms with E-state index in [2.05, 4.69) is 20.6 Å². The first kappa shape index (κ1) is 9.58. The van der Waals surface area contributed by atoms with E-state index >= 15 is 0 Å². The van der Waals surface area contributed by atoms with Crippen LogP contribution in [0, 0.1) is 11.8 Å². The number of hydrogen-bond acceptors (Lipinski definition) is 4. The van der Waals surface area contributed by atoms with Gasteiger partial charge in [-0.05, 0) is 54.5 Å². The Morgan fingerprint density at radius 3 is 2.50 bits per heavy atom. The minimum absolute atomic E-state index is 0.743. The number of nitrogens with one attached hydrogen (secondary N) is 1. The Morgan fingerprint density at radius 1 is 1.21 bits per heavy atom. The molecule has 1 aromatic rings. The van der Waals surface area contributed by atoms with Gasteiger partial charge in [-0.15, -0.1) is 5.10 Å². The van der Waals surface area contributed by atoms with Crippen LogP contribution in [0.3, 0.4) is 0 Å². The van der Waals surface area contributed by atoms with Crippen molar-refractivity contribution >= 4 is 0 Å². The predicted molar refractivity (Wildman–Crippen MR) is 52.4 cm³/mol. The average Bonchev–Trinajstić information content (AvgIpc) is 2.72. The molecular formula is C9H17N5. The minimum Gasteiger partial charge on any atom is -0.330 e. The maximum atomic E-state index is 5.65. The van der Waals surface area contributed by atoms with E-state index in [1.54, 1.807) is 0 Å². The zero-order chi connectivity index (χ0) is 9.80. The molecule has 0 aromatic carbocycles. The lowest BCUT2D eigenvalue weighted by atomic mass is 9.80. The summed E-state index contributed by atoms with van der Waals surface area (Å²) >= 11 is 0. The van der Waals surface area contributed by atoms with E-state index in [0.29, 0.717) is 0 Å². The Labute approximate surface area is 83.5 Å². The van der Waals surface area contributed by atoms with E-state index in [9.17, 15) is 0 Å². The Balaban J connectivity index is 1.79. The number of rotatable bonds is 3. The topological polar surface area (TPSA) is 80.5 Å². The molecule has 1 fully saturated rings. The molecule has 5 nitrogen and oxygen atoms in total. The molecule has 0 saturated heterocycles. The molecule has 1 heterocycles. The van der Waals surface area contributed by atoms with Crippen LogP contribution in [0.2, 0.25) is 0 Å². The normalized spacial score (nSPS) is 27.8. The van der Waals surface area contributed by atoms with Gasteiger partial charge < -0.3 is 5.73 Å². The van der Waals surface area contributed by atoms with E-state index in [1.165, 1.54) is 25.7 Å². The Morgan fingerprint density at radius 2 is 1.93 bits per heavy atom. The summed E-state index contributed by atoms with van der Waals surface area (Å²) in [5.74, 6) is 2.41. The number of nitrogens with two attached hydrogens (primary N) is 1. The summed E-state index contributed by atoms with van der Waals surface area (Å²) in [5, 5.41) is 13.9. The number of tetrazole rings is 1. The highest BCUT2D eigenvalue weighted by Crippen LogP contribution is 2.29. The molecule has 0 aliphatic heterocycles. The molecule has 2 rings (SSSR count). The number of H-pyrrole nitrogens is 1. The lowest BCUT2D eigenvalue weighted by molar-refractivity contribution is 0.276. The third-order valence-corrected chi connectivity index (χ3v) is 3.17. The summed E-state index contributed by atoms with van der Waals surface area (Å²) in [4.78, 5) is 0. The van der Waals surface area contributed by atoms with E-state index in [-0.39, 0.29) is 0 Å². The van der Waals surface area contributed by atoms with Crippen LogP contribution in [-0.2, 0) is 6.42 Å². The lowest BCUT2D eigenvalue weighted by Gasteiger charge is -2.26. The van der Waals surface area contributed by atoms with E-state index in [1.807, 2.05) is 0 Å². The van der Waals surface area contributed by atoms with Gasteiger partial charge in [0.1, 0.15) is 5.82 Å². The maximum absolute atomic E-state index is 5.65. The summed E-state index contributed by atoms with van der Waals surface area (Å²) < 4.78 is 0. The van der Waals surface area contributed by atoms with E-state index in [4.69, 9.17) is 5.73 Å². The van der Waals surface area contributed by atoms with Crippen molar-refractivity contribution < 1.29 is 0 Å². The summed E-state index contributed by atoms with van der Waals surface area (Å²) in [6, 6.07) is 0. The maximum Gasteiger partial charge on any atom is 0.148 e. The number of hydrogen-bond donors (Lipinski definition) is 2. The van der Waals surface area contributed by atoms with E-state index < -0.39 is 0 Å². The van der Waals surface area contributed by atoms with Crippen molar-refractivity contribution in [2.75, 3.05) is 6.54 Å². The molecule has 1 aliphatic rings. The van der Waals surface area contributed by atoms with Gasteiger partial charge in [-0.1, -0.05) is 0 Å². The molecule has 0 amide bonds. The molecule has 1 aliphatic carbocycles. The summed E-state index contributed by atoms with van der Waals surface area (Å²) in [6.45, 7) is 0.844. The van der Waals surface area contributed by atoms with E-state index in [0.717, 1.165) is 30.6 Å². The first-order valence-corrected chi connectivity index (χ1v) is 5.31. The summed E-state index contributed by atoms with van der Waals surface area (Å²) in [5.41, 5.74) is 5.65. The highest BCUT2D eigenvalue weighted by Gasteiger charge is 2.21. The predicted octanol–water partition coefficient (Wildman–Crippen LogP) is 0.507. The molecule has 0 bridgehead atoms. The van der Waals surface area contributed by atoms with Crippen LogP contribution in [0.5, 0.6) is 0 Å². The van der Waals surface area contributed by atoms with Crippen molar-refractivity contribution in [2.24, 2.45) is 17.6 Å². The van der Waals surface area contributed by atoms with Gasteiger partial charge >= 0.3 is 0 Å². The van der Waals surface area contributed by atoms with Crippen molar-refractivity contribution in [3.8, 4) is 0 Å². The van der Waals surface area contributed by atoms with Crippen LogP contribution >= 0.6 is 0 Å². The van der Waals surface area contributed by atoms with Crippen molar-refractivity contribution in [3.05, 3.63) is 5.82 Å². The van der Waals surface area contributed by atoms with Gasteiger partial charge in [0.05, 0.1) is 0 Å². The number of nitrogens with zero attached hydrogens (tertiary/aromatic N) is 3. The third-order valence-electron chi connectivity index (χ3n) is 3.17. The fourth-order valence-corrected chi connectivity index (χ4v) is 2.21. The van der Waals surface area contributed by atoms with Crippen LogP contribution in [0.15, 0.2) is 0 Å². The number of aromatic nitrogens is 4. The molecule has 0 spiro atoms. The Bertz CT molecular complexity index is 250. The van der Waals surface area contributed by atoms with Gasteiger partial charge in [-0.2, -0.15) is 0 Å². The second kappa shape index (κ2) is 4.50. The second-order valence-corrected chi connectivity index (χ2v) is 4.17. The fourth-order valence-electron chi connectivity index (χ4n) is 2.21. The highest BCUT2D eigenvalue weighted by atomic mass is 15.5. The molecule has 0 atom stereocenters. The highest BCUT2D eigenvalue weighted by molar-refractivity contribution is 4.83. The fraction of sp³-hybridized carbons (Fsp3) is 0.889. The van der Waals surface area contributed by atoms with Gasteiger partial charge in [0.15, 0.2) is 0 Å². The Hall–Kier alpha value is -0.970. The monoisotopic (exact) mass is 195 g/mol. The summed E-state index contributed by atoms with van der Waals surface area (Å²) in [7, 11) is 0. The molecule has 0 unspecified atom stereocenters. The quantitative estimate of drug-likeness (QED) is 0.736. The van der Waals surface area contributed by atoms with Gasteiger partial charge in [-0.25, -0.2) is 5.10 Å². The minimum atomic E-state index is 0.743. The molecule has 14 heavy (non-hydrogen) atoms. The van der Waals surface area contributed by atoms with Crippen LogP contribution in [0.4, 0.5) is 0 Å². The second-order valence-electron chi connectivity index (χ2n) is 4.17. The van der Waals surface area contributed by atoms with Crippen molar-refractivity contribution in [3.63, 3.8) is 0 Å². The molecular weight excluding hydrogens is 178 g/mol. The standard InChI is InChI=1S/C9H17N5/c10-6-8-3-1-7(2-4-8)5-9-11-13-14-12-9/h7-8H,1-6,10H2,(H,11,12,13,14)/t7-,8-. The van der Waals surface area contributed by atoms with Crippen molar-refractivity contribution in [1.29, 1.82) is 0 Å². The first-order chi connectivity index (χ1) is 6.88. The molecule has 78 valence electrons. The van der Waals surface area contributed by atoms with Gasteiger partial charge in [0.2, 0.25) is 0 Å². The van der Waals surface area contributed by atoms with Crippen LogP contribution < -0.4 is 5.73 Å². The average molecular weight is 195 g/mol. The lowest BCUT2D eigenvalue weighted by Crippen LogP contribution is -2.22. The molecule has 3 N–H and O–H groups in total. The largest absolute Gasteiger partial charge is 0.330 e. The van der Waals surface area contributed by atoms with Gasteiger partial charge in [0, 0.05) is 6.42 Å². The SMILES string of the molecule is NC[C@H]1CC[C@H](Cc2nnn[nH]2)CC1. The van der Waals surface area contributed by atoms with Crippen LogP contribution in [-0.4, -0.2) is 27.2 Å². The smallest absolute Gasteiger partial charge is 0.148 e. The molecule has 1 saturated carbocycles. The van der Waals surface area contributed by atoms with Crippen LogP contribution in [0.1, 0.15) is 31.5 Å². The zero-order valence-corrected chi connectivity index (χ0v) is 8.32. The van der Waals surface area contributed by atoms with Gasteiger partial charge in [-0.3, -0.25) is 0 Å².